The third kappa shape index (κ3) is 4.17. The summed E-state index contributed by atoms with van der Waals surface area (Å²) in [5.74, 6) is 2.48. The van der Waals surface area contributed by atoms with E-state index in [9.17, 15) is 4.79 Å². The van der Waals surface area contributed by atoms with E-state index in [4.69, 9.17) is 10.1 Å². The fraction of sp³-hybridized carbons (Fsp3) is 0.750. The number of piperidine rings is 2. The van der Waals surface area contributed by atoms with Gasteiger partial charge in [0.05, 0.1) is 0 Å². The van der Waals surface area contributed by atoms with E-state index in [0.29, 0.717) is 25.3 Å². The predicted molar refractivity (Wildman–Crippen MR) is 102 cm³/mol. The van der Waals surface area contributed by atoms with Gasteiger partial charge >= 0.3 is 0 Å². The summed E-state index contributed by atoms with van der Waals surface area (Å²) in [5, 5.41) is 9.11. The number of aliphatic hydroxyl groups is 1. The van der Waals surface area contributed by atoms with Crippen molar-refractivity contribution in [1.82, 2.24) is 14.9 Å². The largest absolute Gasteiger partial charge is 0.396 e. The highest BCUT2D eigenvalue weighted by Crippen LogP contribution is 2.40. The van der Waals surface area contributed by atoms with Crippen molar-refractivity contribution in [2.45, 2.75) is 58.8 Å². The zero-order valence-corrected chi connectivity index (χ0v) is 16.4. The van der Waals surface area contributed by atoms with Crippen molar-refractivity contribution in [2.24, 2.45) is 5.41 Å². The first-order valence-corrected chi connectivity index (χ1v) is 9.92. The summed E-state index contributed by atoms with van der Waals surface area (Å²) in [6, 6.07) is 2.09. The molecule has 1 aromatic rings. The molecule has 6 heteroatoms. The van der Waals surface area contributed by atoms with Crippen LogP contribution >= 0.6 is 0 Å². The van der Waals surface area contributed by atoms with Crippen LogP contribution < -0.4 is 4.90 Å². The van der Waals surface area contributed by atoms with Crippen LogP contribution in [0.2, 0.25) is 0 Å². The number of likely N-dealkylation sites (tertiary alicyclic amines) is 1. The molecule has 0 saturated carbocycles. The fourth-order valence-corrected chi connectivity index (χ4v) is 4.30. The zero-order chi connectivity index (χ0) is 18.7. The van der Waals surface area contributed by atoms with Gasteiger partial charge in [-0.15, -0.1) is 0 Å². The first-order valence-electron chi connectivity index (χ1n) is 9.92. The van der Waals surface area contributed by atoms with Gasteiger partial charge in [0, 0.05) is 62.3 Å². The SMILES string of the molecule is Cc1cc(N2CCCC3(CCC(=O)N(CCCO)C3)C2)nc(C(C)C)n1. The Labute approximate surface area is 156 Å². The normalized spacial score (nSPS) is 24.0. The number of carbonyl (C=O) groups excluding carboxylic acids is 1. The Morgan fingerprint density at radius 2 is 2.08 bits per heavy atom. The number of hydrogen-bond acceptors (Lipinski definition) is 5. The van der Waals surface area contributed by atoms with Crippen LogP contribution in [0.25, 0.3) is 0 Å². The molecule has 6 nitrogen and oxygen atoms in total. The average molecular weight is 361 g/mol. The highest BCUT2D eigenvalue weighted by Gasteiger charge is 2.41. The molecule has 1 N–H and O–H groups in total. The molecule has 1 amide bonds. The van der Waals surface area contributed by atoms with Gasteiger partial charge in [0.25, 0.3) is 0 Å². The van der Waals surface area contributed by atoms with Gasteiger partial charge in [-0.3, -0.25) is 4.79 Å². The van der Waals surface area contributed by atoms with E-state index in [0.717, 1.165) is 56.2 Å². The van der Waals surface area contributed by atoms with Gasteiger partial charge in [-0.1, -0.05) is 13.8 Å². The first kappa shape index (κ1) is 19.1. The highest BCUT2D eigenvalue weighted by molar-refractivity contribution is 5.77. The minimum Gasteiger partial charge on any atom is -0.396 e. The molecule has 2 fully saturated rings. The van der Waals surface area contributed by atoms with Crippen molar-refractivity contribution in [3.63, 3.8) is 0 Å². The minimum absolute atomic E-state index is 0.140. The Hall–Kier alpha value is -1.69. The molecule has 3 heterocycles. The lowest BCUT2D eigenvalue weighted by molar-refractivity contribution is -0.138. The number of carbonyl (C=O) groups is 1. The van der Waals surface area contributed by atoms with Crippen LogP contribution in [0.3, 0.4) is 0 Å². The molecule has 144 valence electrons. The number of amides is 1. The first-order chi connectivity index (χ1) is 12.4. The number of aromatic nitrogens is 2. The lowest BCUT2D eigenvalue weighted by Crippen LogP contribution is -2.54. The van der Waals surface area contributed by atoms with Crippen molar-refractivity contribution in [3.05, 3.63) is 17.6 Å². The second-order valence-corrected chi connectivity index (χ2v) is 8.30. The van der Waals surface area contributed by atoms with E-state index in [2.05, 4.69) is 29.8 Å². The van der Waals surface area contributed by atoms with Crippen molar-refractivity contribution in [3.8, 4) is 0 Å². The quantitative estimate of drug-likeness (QED) is 0.874. The van der Waals surface area contributed by atoms with Crippen LogP contribution in [0.5, 0.6) is 0 Å². The number of aryl methyl sites for hydroxylation is 1. The Morgan fingerprint density at radius 3 is 2.81 bits per heavy atom. The van der Waals surface area contributed by atoms with Gasteiger partial charge in [-0.05, 0) is 32.6 Å². The monoisotopic (exact) mass is 360 g/mol. The van der Waals surface area contributed by atoms with Crippen LogP contribution in [-0.2, 0) is 4.79 Å². The van der Waals surface area contributed by atoms with Crippen LogP contribution in [0, 0.1) is 12.3 Å². The average Bonchev–Trinajstić information content (AvgIpc) is 2.62. The molecule has 0 bridgehead atoms. The second-order valence-electron chi connectivity index (χ2n) is 8.30. The Morgan fingerprint density at radius 1 is 1.27 bits per heavy atom. The third-order valence-electron chi connectivity index (χ3n) is 5.69. The standard InChI is InChI=1S/C20H32N4O2/c1-15(2)19-21-16(3)12-17(22-19)23-9-4-7-20(13-23)8-6-18(26)24(14-20)10-5-11-25/h12,15,25H,4-11,13-14H2,1-3H3. The van der Waals surface area contributed by atoms with Gasteiger partial charge in [-0.2, -0.15) is 0 Å². The summed E-state index contributed by atoms with van der Waals surface area (Å²) >= 11 is 0. The molecule has 1 aromatic heterocycles. The van der Waals surface area contributed by atoms with Gasteiger partial charge in [-0.25, -0.2) is 9.97 Å². The van der Waals surface area contributed by atoms with Crippen LogP contribution in [-0.4, -0.2) is 58.7 Å². The maximum atomic E-state index is 12.3. The van der Waals surface area contributed by atoms with E-state index in [-0.39, 0.29) is 17.9 Å². The van der Waals surface area contributed by atoms with Crippen molar-refractivity contribution in [2.75, 3.05) is 37.7 Å². The number of anilines is 1. The summed E-state index contributed by atoms with van der Waals surface area (Å²) in [4.78, 5) is 26.0. The minimum atomic E-state index is 0.140. The maximum absolute atomic E-state index is 12.3. The number of hydrogen-bond donors (Lipinski definition) is 1. The highest BCUT2D eigenvalue weighted by atomic mass is 16.3. The summed E-state index contributed by atoms with van der Waals surface area (Å²) in [5.41, 5.74) is 1.17. The number of rotatable bonds is 5. The second kappa shape index (κ2) is 7.91. The van der Waals surface area contributed by atoms with E-state index >= 15 is 0 Å². The Balaban J connectivity index is 1.77. The Kier molecular flexibility index (Phi) is 5.80. The molecule has 2 aliphatic heterocycles. The van der Waals surface area contributed by atoms with Gasteiger partial charge in [0.2, 0.25) is 5.91 Å². The lowest BCUT2D eigenvalue weighted by Gasteiger charge is -2.48. The van der Waals surface area contributed by atoms with Crippen molar-refractivity contribution < 1.29 is 9.90 Å². The molecule has 0 aromatic carbocycles. The molecule has 3 rings (SSSR count). The summed E-state index contributed by atoms with van der Waals surface area (Å²) in [7, 11) is 0. The molecular weight excluding hydrogens is 328 g/mol. The molecule has 0 radical (unpaired) electrons. The molecule has 26 heavy (non-hydrogen) atoms. The molecular formula is C20H32N4O2. The molecule has 0 aliphatic carbocycles. The smallest absolute Gasteiger partial charge is 0.222 e. The van der Waals surface area contributed by atoms with E-state index in [1.165, 1.54) is 0 Å². The maximum Gasteiger partial charge on any atom is 0.222 e. The Bertz CT molecular complexity index is 649. The summed E-state index contributed by atoms with van der Waals surface area (Å²) in [6.07, 6.45) is 4.53. The van der Waals surface area contributed by atoms with E-state index in [1.54, 1.807) is 0 Å². The summed E-state index contributed by atoms with van der Waals surface area (Å²) < 4.78 is 0. The molecule has 2 aliphatic rings. The van der Waals surface area contributed by atoms with Crippen LogP contribution in [0.15, 0.2) is 6.07 Å². The predicted octanol–water partition coefficient (Wildman–Crippen LogP) is 2.50. The van der Waals surface area contributed by atoms with E-state index < -0.39 is 0 Å². The zero-order valence-electron chi connectivity index (χ0n) is 16.4. The fourth-order valence-electron chi connectivity index (χ4n) is 4.30. The van der Waals surface area contributed by atoms with Crippen molar-refractivity contribution in [1.29, 1.82) is 0 Å². The number of nitrogens with zero attached hydrogens (tertiary/aromatic N) is 4. The van der Waals surface area contributed by atoms with Crippen LogP contribution in [0.1, 0.15) is 63.4 Å². The van der Waals surface area contributed by atoms with E-state index in [1.807, 2.05) is 11.8 Å². The molecule has 2 saturated heterocycles. The van der Waals surface area contributed by atoms with Crippen molar-refractivity contribution >= 4 is 11.7 Å². The topological polar surface area (TPSA) is 69.6 Å². The van der Waals surface area contributed by atoms with Gasteiger partial charge in [0.15, 0.2) is 0 Å². The lowest BCUT2D eigenvalue weighted by atomic mass is 9.73. The summed E-state index contributed by atoms with van der Waals surface area (Å²) in [6.45, 7) is 9.87. The van der Waals surface area contributed by atoms with Gasteiger partial charge < -0.3 is 14.9 Å². The molecule has 1 spiro atoms. The van der Waals surface area contributed by atoms with Gasteiger partial charge in [0.1, 0.15) is 11.6 Å². The number of aliphatic hydroxyl groups excluding tert-OH is 1. The molecule has 1 unspecified atom stereocenters. The van der Waals surface area contributed by atoms with Crippen LogP contribution in [0.4, 0.5) is 5.82 Å². The molecule has 1 atom stereocenters. The third-order valence-corrected chi connectivity index (χ3v) is 5.69.